The van der Waals surface area contributed by atoms with Gasteiger partial charge in [-0.3, -0.25) is 9.97 Å². The molecule has 0 saturated heterocycles. The SMILES string of the molecule is CCOn1nc(-c2cccnc2)c2ncccc21. The molecule has 0 N–H and O–H groups in total. The summed E-state index contributed by atoms with van der Waals surface area (Å²) < 4.78 is 0. The largest absolute Gasteiger partial charge is 0.396 e. The Morgan fingerprint density at radius 3 is 2.89 bits per heavy atom. The van der Waals surface area contributed by atoms with E-state index >= 15 is 0 Å². The molecule has 90 valence electrons. The van der Waals surface area contributed by atoms with Gasteiger partial charge in [0.1, 0.15) is 23.3 Å². The monoisotopic (exact) mass is 240 g/mol. The van der Waals surface area contributed by atoms with E-state index in [-0.39, 0.29) is 0 Å². The summed E-state index contributed by atoms with van der Waals surface area (Å²) >= 11 is 0. The molecule has 0 saturated carbocycles. The molecule has 0 aliphatic rings. The predicted octanol–water partition coefficient (Wildman–Crippen LogP) is 1.94. The number of hydrogen-bond donors (Lipinski definition) is 0. The van der Waals surface area contributed by atoms with E-state index in [0.29, 0.717) is 6.61 Å². The van der Waals surface area contributed by atoms with Gasteiger partial charge in [-0.2, -0.15) is 0 Å². The molecule has 0 radical (unpaired) electrons. The minimum absolute atomic E-state index is 0.554. The molecule has 0 bridgehead atoms. The van der Waals surface area contributed by atoms with Crippen molar-refractivity contribution in [2.24, 2.45) is 0 Å². The van der Waals surface area contributed by atoms with Crippen molar-refractivity contribution in [3.05, 3.63) is 42.9 Å². The zero-order valence-electron chi connectivity index (χ0n) is 9.95. The molecule has 18 heavy (non-hydrogen) atoms. The Bertz CT molecular complexity index is 663. The van der Waals surface area contributed by atoms with Crippen LogP contribution in [0.3, 0.4) is 0 Å². The molecule has 0 aliphatic heterocycles. The third kappa shape index (κ3) is 1.69. The van der Waals surface area contributed by atoms with Crippen LogP contribution in [0.25, 0.3) is 22.3 Å². The summed E-state index contributed by atoms with van der Waals surface area (Å²) in [5.74, 6) is 0. The molecule has 5 nitrogen and oxygen atoms in total. The van der Waals surface area contributed by atoms with Crippen molar-refractivity contribution in [1.82, 2.24) is 19.9 Å². The van der Waals surface area contributed by atoms with Crippen molar-refractivity contribution in [2.45, 2.75) is 6.92 Å². The first-order valence-corrected chi connectivity index (χ1v) is 5.77. The Kier molecular flexibility index (Phi) is 2.64. The zero-order valence-corrected chi connectivity index (χ0v) is 9.95. The molecule has 0 atom stereocenters. The van der Waals surface area contributed by atoms with E-state index in [1.165, 1.54) is 4.85 Å². The number of fused-ring (bicyclic) bond motifs is 1. The Labute approximate surface area is 104 Å². The third-order valence-corrected chi connectivity index (χ3v) is 2.59. The van der Waals surface area contributed by atoms with E-state index in [2.05, 4.69) is 15.1 Å². The van der Waals surface area contributed by atoms with Gasteiger partial charge >= 0.3 is 0 Å². The van der Waals surface area contributed by atoms with Gasteiger partial charge in [0.05, 0.1) is 0 Å². The van der Waals surface area contributed by atoms with E-state index in [0.717, 1.165) is 22.3 Å². The Morgan fingerprint density at radius 1 is 1.22 bits per heavy atom. The fraction of sp³-hybridized carbons (Fsp3) is 0.154. The van der Waals surface area contributed by atoms with Gasteiger partial charge in [-0.1, -0.05) is 4.85 Å². The number of rotatable bonds is 3. The molecule has 0 fully saturated rings. The van der Waals surface area contributed by atoms with Crippen LogP contribution >= 0.6 is 0 Å². The zero-order chi connectivity index (χ0) is 12.4. The second kappa shape index (κ2) is 4.44. The molecule has 0 spiro atoms. The lowest BCUT2D eigenvalue weighted by molar-refractivity contribution is 0.103. The Morgan fingerprint density at radius 2 is 2.11 bits per heavy atom. The molecular formula is C13H12N4O. The van der Waals surface area contributed by atoms with E-state index in [9.17, 15) is 0 Å². The fourth-order valence-electron chi connectivity index (χ4n) is 1.84. The van der Waals surface area contributed by atoms with E-state index in [1.54, 1.807) is 18.6 Å². The van der Waals surface area contributed by atoms with Crippen LogP contribution in [0.1, 0.15) is 6.92 Å². The summed E-state index contributed by atoms with van der Waals surface area (Å²) in [6.45, 7) is 2.48. The highest BCUT2D eigenvalue weighted by atomic mass is 16.7. The maximum absolute atomic E-state index is 5.47. The fourth-order valence-corrected chi connectivity index (χ4v) is 1.84. The van der Waals surface area contributed by atoms with Crippen LogP contribution in [0.4, 0.5) is 0 Å². The summed E-state index contributed by atoms with van der Waals surface area (Å²) in [6.07, 6.45) is 5.26. The molecule has 3 aromatic heterocycles. The molecule has 0 aromatic carbocycles. The molecule has 0 unspecified atom stereocenters. The quantitative estimate of drug-likeness (QED) is 0.702. The van der Waals surface area contributed by atoms with Gasteiger partial charge in [0.25, 0.3) is 0 Å². The Balaban J connectivity index is 2.24. The molecule has 0 amide bonds. The highest BCUT2D eigenvalue weighted by molar-refractivity contribution is 5.89. The van der Waals surface area contributed by atoms with Crippen LogP contribution in [-0.4, -0.2) is 26.5 Å². The van der Waals surface area contributed by atoms with Gasteiger partial charge in [0, 0.05) is 24.2 Å². The topological polar surface area (TPSA) is 52.8 Å². The van der Waals surface area contributed by atoms with Gasteiger partial charge in [0.15, 0.2) is 0 Å². The molecule has 0 aliphatic carbocycles. The summed E-state index contributed by atoms with van der Waals surface area (Å²) in [5, 5.41) is 4.44. The Hall–Kier alpha value is -2.43. The van der Waals surface area contributed by atoms with Crippen molar-refractivity contribution in [3.8, 4) is 11.3 Å². The molecule has 5 heteroatoms. The summed E-state index contributed by atoms with van der Waals surface area (Å²) in [7, 11) is 0. The van der Waals surface area contributed by atoms with E-state index in [1.807, 2.05) is 31.2 Å². The summed E-state index contributed by atoms with van der Waals surface area (Å²) in [6, 6.07) is 7.64. The second-order valence-electron chi connectivity index (χ2n) is 3.75. The van der Waals surface area contributed by atoms with Crippen LogP contribution < -0.4 is 4.84 Å². The van der Waals surface area contributed by atoms with Gasteiger partial charge in [-0.15, -0.1) is 5.10 Å². The van der Waals surface area contributed by atoms with Gasteiger partial charge < -0.3 is 4.84 Å². The van der Waals surface area contributed by atoms with Crippen LogP contribution in [-0.2, 0) is 0 Å². The first kappa shape index (κ1) is 10.7. The molecule has 3 rings (SSSR count). The minimum atomic E-state index is 0.554. The van der Waals surface area contributed by atoms with Crippen LogP contribution in [0.2, 0.25) is 0 Å². The summed E-state index contributed by atoms with van der Waals surface area (Å²) in [4.78, 5) is 15.5. The minimum Gasteiger partial charge on any atom is -0.396 e. The van der Waals surface area contributed by atoms with Crippen LogP contribution in [0.5, 0.6) is 0 Å². The van der Waals surface area contributed by atoms with E-state index < -0.39 is 0 Å². The number of nitrogens with zero attached hydrogens (tertiary/aromatic N) is 4. The lowest BCUT2D eigenvalue weighted by atomic mass is 10.2. The van der Waals surface area contributed by atoms with Crippen molar-refractivity contribution < 1.29 is 4.84 Å². The molecule has 3 heterocycles. The van der Waals surface area contributed by atoms with Crippen molar-refractivity contribution in [3.63, 3.8) is 0 Å². The smallest absolute Gasteiger partial charge is 0.129 e. The van der Waals surface area contributed by atoms with Crippen molar-refractivity contribution >= 4 is 11.0 Å². The van der Waals surface area contributed by atoms with Gasteiger partial charge in [-0.25, -0.2) is 0 Å². The maximum Gasteiger partial charge on any atom is 0.129 e. The lowest BCUT2D eigenvalue weighted by Gasteiger charge is -2.01. The lowest BCUT2D eigenvalue weighted by Crippen LogP contribution is -2.11. The van der Waals surface area contributed by atoms with E-state index in [4.69, 9.17) is 4.84 Å². The average Bonchev–Trinajstić information content (AvgIpc) is 2.80. The standard InChI is InChI=1S/C13H12N4O/c1-2-18-17-11-6-4-8-15-13(11)12(16-17)10-5-3-7-14-9-10/h3-9H,2H2,1H3. The summed E-state index contributed by atoms with van der Waals surface area (Å²) in [5.41, 5.74) is 3.39. The first-order chi connectivity index (χ1) is 8.90. The normalized spacial score (nSPS) is 10.7. The van der Waals surface area contributed by atoms with Crippen LogP contribution in [0, 0.1) is 0 Å². The molecular weight excluding hydrogens is 228 g/mol. The van der Waals surface area contributed by atoms with Crippen LogP contribution in [0.15, 0.2) is 42.9 Å². The second-order valence-corrected chi connectivity index (χ2v) is 3.75. The predicted molar refractivity (Wildman–Crippen MR) is 67.9 cm³/mol. The number of aromatic nitrogens is 4. The highest BCUT2D eigenvalue weighted by Crippen LogP contribution is 2.24. The van der Waals surface area contributed by atoms with Gasteiger partial charge in [0.2, 0.25) is 0 Å². The van der Waals surface area contributed by atoms with Crippen molar-refractivity contribution in [2.75, 3.05) is 6.61 Å². The molecule has 3 aromatic rings. The third-order valence-electron chi connectivity index (χ3n) is 2.59. The first-order valence-electron chi connectivity index (χ1n) is 5.77. The number of hydrogen-bond acceptors (Lipinski definition) is 4. The van der Waals surface area contributed by atoms with Gasteiger partial charge in [-0.05, 0) is 31.2 Å². The number of pyridine rings is 2. The average molecular weight is 240 g/mol. The highest BCUT2D eigenvalue weighted by Gasteiger charge is 2.13. The maximum atomic E-state index is 5.47. The van der Waals surface area contributed by atoms with Crippen molar-refractivity contribution in [1.29, 1.82) is 0 Å².